The monoisotopic (exact) mass is 125 g/mol. The second-order valence-electron chi connectivity index (χ2n) is 1.82. The van der Waals surface area contributed by atoms with E-state index in [9.17, 15) is 4.79 Å². The van der Waals surface area contributed by atoms with Crippen LogP contribution in [-0.4, -0.2) is 18.7 Å². The molecule has 3 nitrogen and oxygen atoms in total. The first-order valence-corrected chi connectivity index (χ1v) is 2.71. The van der Waals surface area contributed by atoms with Crippen LogP contribution in [0.1, 0.15) is 6.42 Å². The van der Waals surface area contributed by atoms with E-state index in [0.29, 0.717) is 13.0 Å². The maximum atomic E-state index is 10.3. The van der Waals surface area contributed by atoms with Crippen LogP contribution in [0.2, 0.25) is 0 Å². The third kappa shape index (κ3) is 1.36. The van der Waals surface area contributed by atoms with Gasteiger partial charge >= 0.3 is 6.09 Å². The zero-order valence-electron chi connectivity index (χ0n) is 4.89. The predicted molar refractivity (Wildman–Crippen MR) is 31.7 cm³/mol. The maximum absolute atomic E-state index is 10.3. The lowest BCUT2D eigenvalue weighted by atomic mass is 10.3. The smallest absolute Gasteiger partial charge is 0.407 e. The molecule has 1 heterocycles. The predicted octanol–water partition coefficient (Wildman–Crippen LogP) is 0.118. The summed E-state index contributed by atoms with van der Waals surface area (Å²) in [6.07, 6.45) is 5.01. The first-order chi connectivity index (χ1) is 4.33. The summed E-state index contributed by atoms with van der Waals surface area (Å²) in [5, 5.41) is 2.50. The molecule has 0 aliphatic carbocycles. The number of nitrogens with one attached hydrogen (secondary N) is 1. The fourth-order valence-corrected chi connectivity index (χ4v) is 0.677. The lowest BCUT2D eigenvalue weighted by Gasteiger charge is -1.99. The van der Waals surface area contributed by atoms with Gasteiger partial charge in [-0.2, -0.15) is 0 Å². The highest BCUT2D eigenvalue weighted by Gasteiger charge is 2.20. The van der Waals surface area contributed by atoms with E-state index in [4.69, 9.17) is 11.2 Å². The van der Waals surface area contributed by atoms with Gasteiger partial charge in [0.05, 0.1) is 6.54 Å². The molecule has 0 aromatic rings. The Morgan fingerprint density at radius 1 is 2.00 bits per heavy atom. The van der Waals surface area contributed by atoms with E-state index >= 15 is 0 Å². The SMILES string of the molecule is C#CCC1CNC(=O)O1. The topological polar surface area (TPSA) is 38.3 Å². The molecular formula is C6H7NO2. The number of hydrogen-bond donors (Lipinski definition) is 1. The molecule has 1 N–H and O–H groups in total. The fourth-order valence-electron chi connectivity index (χ4n) is 0.677. The molecule has 1 rings (SSSR count). The van der Waals surface area contributed by atoms with Crippen LogP contribution in [-0.2, 0) is 4.74 Å². The molecule has 0 radical (unpaired) electrons. The van der Waals surface area contributed by atoms with Crippen LogP contribution in [0, 0.1) is 12.3 Å². The number of terminal acetylenes is 1. The van der Waals surface area contributed by atoms with Gasteiger partial charge < -0.3 is 10.1 Å². The number of carbonyl (C=O) groups excluding carboxylic acids is 1. The van der Waals surface area contributed by atoms with Gasteiger partial charge in [-0.05, 0) is 0 Å². The molecule has 0 aromatic heterocycles. The third-order valence-corrected chi connectivity index (χ3v) is 1.09. The van der Waals surface area contributed by atoms with E-state index in [1.165, 1.54) is 0 Å². The summed E-state index contributed by atoms with van der Waals surface area (Å²) in [4.78, 5) is 10.3. The number of hydrogen-bond acceptors (Lipinski definition) is 2. The van der Waals surface area contributed by atoms with Gasteiger partial charge in [0.25, 0.3) is 0 Å². The number of rotatable bonds is 1. The van der Waals surface area contributed by atoms with Gasteiger partial charge in [0.2, 0.25) is 0 Å². The highest BCUT2D eigenvalue weighted by Crippen LogP contribution is 2.02. The van der Waals surface area contributed by atoms with Crippen LogP contribution >= 0.6 is 0 Å². The van der Waals surface area contributed by atoms with Gasteiger partial charge in [0.15, 0.2) is 0 Å². The summed E-state index contributed by atoms with van der Waals surface area (Å²) in [5.41, 5.74) is 0. The average molecular weight is 125 g/mol. The van der Waals surface area contributed by atoms with E-state index in [0.717, 1.165) is 0 Å². The molecule has 3 heteroatoms. The highest BCUT2D eigenvalue weighted by molar-refractivity contribution is 5.69. The van der Waals surface area contributed by atoms with Gasteiger partial charge in [-0.1, -0.05) is 0 Å². The Morgan fingerprint density at radius 2 is 2.78 bits per heavy atom. The third-order valence-electron chi connectivity index (χ3n) is 1.09. The normalized spacial score (nSPS) is 24.3. The number of ether oxygens (including phenoxy) is 1. The first-order valence-electron chi connectivity index (χ1n) is 2.71. The van der Waals surface area contributed by atoms with Gasteiger partial charge in [0, 0.05) is 6.42 Å². The van der Waals surface area contributed by atoms with Crippen LogP contribution in [0.15, 0.2) is 0 Å². The number of alkyl carbamates (subject to hydrolysis) is 1. The largest absolute Gasteiger partial charge is 0.443 e. The Hall–Kier alpha value is -1.17. The zero-order valence-corrected chi connectivity index (χ0v) is 4.89. The van der Waals surface area contributed by atoms with Crippen LogP contribution in [0.4, 0.5) is 4.79 Å². The highest BCUT2D eigenvalue weighted by atomic mass is 16.6. The van der Waals surface area contributed by atoms with Crippen LogP contribution in [0.25, 0.3) is 0 Å². The molecule has 9 heavy (non-hydrogen) atoms. The van der Waals surface area contributed by atoms with E-state index in [1.54, 1.807) is 0 Å². The van der Waals surface area contributed by atoms with E-state index in [-0.39, 0.29) is 12.2 Å². The Balaban J connectivity index is 2.32. The molecule has 0 aromatic carbocycles. The molecule has 1 fully saturated rings. The number of amides is 1. The van der Waals surface area contributed by atoms with Crippen molar-refractivity contribution in [2.24, 2.45) is 0 Å². The summed E-state index contributed by atoms with van der Waals surface area (Å²) < 4.78 is 4.71. The number of carbonyl (C=O) groups is 1. The Kier molecular flexibility index (Phi) is 1.59. The van der Waals surface area contributed by atoms with Crippen molar-refractivity contribution < 1.29 is 9.53 Å². The van der Waals surface area contributed by atoms with Crippen molar-refractivity contribution >= 4 is 6.09 Å². The van der Waals surface area contributed by atoms with E-state index < -0.39 is 0 Å². The second kappa shape index (κ2) is 2.40. The molecule has 48 valence electrons. The lowest BCUT2D eigenvalue weighted by molar-refractivity contribution is 0.142. The Morgan fingerprint density at radius 3 is 3.22 bits per heavy atom. The molecule has 0 bridgehead atoms. The minimum Gasteiger partial charge on any atom is -0.443 e. The molecule has 1 unspecified atom stereocenters. The standard InChI is InChI=1S/C6H7NO2/c1-2-3-5-4-7-6(8)9-5/h1,5H,3-4H2,(H,7,8). The molecule has 1 aliphatic rings. The minimum absolute atomic E-state index is 0.109. The summed E-state index contributed by atoms with van der Waals surface area (Å²) in [6.45, 7) is 0.545. The minimum atomic E-state index is -0.366. The van der Waals surface area contributed by atoms with Crippen LogP contribution in [0.3, 0.4) is 0 Å². The summed E-state index contributed by atoms with van der Waals surface area (Å²) in [7, 11) is 0. The molecular weight excluding hydrogens is 118 g/mol. The van der Waals surface area contributed by atoms with Crippen molar-refractivity contribution in [1.82, 2.24) is 5.32 Å². The van der Waals surface area contributed by atoms with Gasteiger partial charge in [-0.15, -0.1) is 12.3 Å². The molecule has 1 atom stereocenters. The van der Waals surface area contributed by atoms with Crippen LogP contribution in [0.5, 0.6) is 0 Å². The van der Waals surface area contributed by atoms with Gasteiger partial charge in [0.1, 0.15) is 6.10 Å². The van der Waals surface area contributed by atoms with Crippen LogP contribution < -0.4 is 5.32 Å². The quantitative estimate of drug-likeness (QED) is 0.505. The molecule has 0 saturated carbocycles. The summed E-state index contributed by atoms with van der Waals surface area (Å²) in [6, 6.07) is 0. The van der Waals surface area contributed by atoms with Gasteiger partial charge in [-0.25, -0.2) is 4.79 Å². The number of cyclic esters (lactones) is 1. The average Bonchev–Trinajstić information content (AvgIpc) is 2.17. The second-order valence-corrected chi connectivity index (χ2v) is 1.82. The Bertz CT molecular complexity index is 159. The zero-order chi connectivity index (χ0) is 6.69. The summed E-state index contributed by atoms with van der Waals surface area (Å²) in [5.74, 6) is 2.41. The first kappa shape index (κ1) is 5.96. The summed E-state index contributed by atoms with van der Waals surface area (Å²) >= 11 is 0. The van der Waals surface area contributed by atoms with Crippen molar-refractivity contribution in [1.29, 1.82) is 0 Å². The van der Waals surface area contributed by atoms with Crippen molar-refractivity contribution in [2.75, 3.05) is 6.54 Å². The molecule has 0 spiro atoms. The van der Waals surface area contributed by atoms with Gasteiger partial charge in [-0.3, -0.25) is 0 Å². The molecule has 1 amide bonds. The molecule has 1 aliphatic heterocycles. The van der Waals surface area contributed by atoms with Crippen molar-refractivity contribution in [3.63, 3.8) is 0 Å². The van der Waals surface area contributed by atoms with E-state index in [2.05, 4.69) is 11.2 Å². The maximum Gasteiger partial charge on any atom is 0.407 e. The van der Waals surface area contributed by atoms with Crippen molar-refractivity contribution in [3.8, 4) is 12.3 Å². The Labute approximate surface area is 53.4 Å². The van der Waals surface area contributed by atoms with E-state index in [1.807, 2.05) is 0 Å². The van der Waals surface area contributed by atoms with Crippen molar-refractivity contribution in [2.45, 2.75) is 12.5 Å². The van der Waals surface area contributed by atoms with Crippen molar-refractivity contribution in [3.05, 3.63) is 0 Å². The molecule has 1 saturated heterocycles. The fraction of sp³-hybridized carbons (Fsp3) is 0.500. The lowest BCUT2D eigenvalue weighted by Crippen LogP contribution is -2.14.